The number of nitrogens with two attached hydrogens (primary N) is 1. The maximum atomic E-state index is 6.06. The topological polar surface area (TPSA) is 55.9 Å². The highest BCUT2D eigenvalue weighted by Crippen LogP contribution is 2.19. The molecule has 0 aliphatic heterocycles. The van der Waals surface area contributed by atoms with E-state index in [2.05, 4.69) is 31.2 Å². The molecule has 0 saturated carbocycles. The van der Waals surface area contributed by atoms with E-state index in [1.165, 1.54) is 0 Å². The zero-order valence-electron chi connectivity index (χ0n) is 10.1. The summed E-state index contributed by atoms with van der Waals surface area (Å²) in [7, 11) is 1.91. The Morgan fingerprint density at radius 2 is 2.20 bits per heavy atom. The van der Waals surface area contributed by atoms with Crippen LogP contribution in [0.5, 0.6) is 0 Å². The van der Waals surface area contributed by atoms with Crippen molar-refractivity contribution in [2.24, 2.45) is 18.2 Å². The van der Waals surface area contributed by atoms with Gasteiger partial charge in [0.2, 0.25) is 0 Å². The molecule has 1 heterocycles. The minimum absolute atomic E-state index is 0.177. The van der Waals surface area contributed by atoms with Gasteiger partial charge in [-0.1, -0.05) is 20.8 Å². The molecule has 86 valence electrons. The molecule has 1 aromatic rings. The number of anilines is 1. The van der Waals surface area contributed by atoms with Gasteiger partial charge in [0.05, 0.1) is 11.9 Å². The van der Waals surface area contributed by atoms with Gasteiger partial charge in [-0.05, 0) is 11.8 Å². The normalized spacial score (nSPS) is 13.9. The van der Waals surface area contributed by atoms with Crippen LogP contribution in [-0.4, -0.2) is 22.4 Å². The molecule has 0 saturated heterocycles. The number of aromatic nitrogens is 2. The second-order valence-corrected chi connectivity index (χ2v) is 5.09. The SMILES string of the molecule is Cn1cc(NCCC(N)C(C)(C)C)cn1. The average Bonchev–Trinajstić information content (AvgIpc) is 2.49. The predicted octanol–water partition coefficient (Wildman–Crippen LogP) is 1.60. The van der Waals surface area contributed by atoms with E-state index in [1.807, 2.05) is 19.4 Å². The standard InChI is InChI=1S/C11H22N4/c1-11(2,3)10(12)5-6-13-9-7-14-15(4)8-9/h7-8,10,13H,5-6,12H2,1-4H3. The van der Waals surface area contributed by atoms with E-state index in [-0.39, 0.29) is 11.5 Å². The Labute approximate surface area is 91.8 Å². The Morgan fingerprint density at radius 1 is 1.53 bits per heavy atom. The van der Waals surface area contributed by atoms with Gasteiger partial charge in [0, 0.05) is 25.8 Å². The molecular formula is C11H22N4. The fourth-order valence-corrected chi connectivity index (χ4v) is 1.32. The lowest BCUT2D eigenvalue weighted by Crippen LogP contribution is -2.36. The zero-order valence-corrected chi connectivity index (χ0v) is 10.1. The number of hydrogen-bond donors (Lipinski definition) is 2. The molecule has 0 aliphatic rings. The average molecular weight is 210 g/mol. The molecule has 1 unspecified atom stereocenters. The Kier molecular flexibility index (Phi) is 3.74. The first-order valence-corrected chi connectivity index (χ1v) is 5.37. The third-order valence-corrected chi connectivity index (χ3v) is 2.60. The Balaban J connectivity index is 2.28. The molecule has 4 heteroatoms. The summed E-state index contributed by atoms with van der Waals surface area (Å²) >= 11 is 0. The van der Waals surface area contributed by atoms with E-state index in [0.29, 0.717) is 0 Å². The summed E-state index contributed by atoms with van der Waals surface area (Å²) in [6, 6.07) is 0.224. The van der Waals surface area contributed by atoms with Gasteiger partial charge in [-0.3, -0.25) is 4.68 Å². The van der Waals surface area contributed by atoms with Crippen LogP contribution in [0.4, 0.5) is 5.69 Å². The Morgan fingerprint density at radius 3 is 2.67 bits per heavy atom. The summed E-state index contributed by atoms with van der Waals surface area (Å²) in [5.74, 6) is 0. The van der Waals surface area contributed by atoms with Gasteiger partial charge in [-0.2, -0.15) is 5.10 Å². The molecule has 0 aromatic carbocycles. The molecule has 0 aliphatic carbocycles. The number of nitrogens with zero attached hydrogens (tertiary/aromatic N) is 2. The quantitative estimate of drug-likeness (QED) is 0.793. The van der Waals surface area contributed by atoms with Crippen molar-refractivity contribution in [3.8, 4) is 0 Å². The first-order valence-electron chi connectivity index (χ1n) is 5.37. The fourth-order valence-electron chi connectivity index (χ4n) is 1.32. The molecule has 1 rings (SSSR count). The number of hydrogen-bond acceptors (Lipinski definition) is 3. The van der Waals surface area contributed by atoms with Gasteiger partial charge in [-0.15, -0.1) is 0 Å². The lowest BCUT2D eigenvalue weighted by Gasteiger charge is -2.27. The minimum Gasteiger partial charge on any atom is -0.382 e. The smallest absolute Gasteiger partial charge is 0.0726 e. The summed E-state index contributed by atoms with van der Waals surface area (Å²) in [5.41, 5.74) is 7.29. The van der Waals surface area contributed by atoms with Crippen molar-refractivity contribution >= 4 is 5.69 Å². The highest BCUT2D eigenvalue weighted by Gasteiger charge is 2.19. The highest BCUT2D eigenvalue weighted by molar-refractivity contribution is 5.37. The van der Waals surface area contributed by atoms with Crippen LogP contribution in [0, 0.1) is 5.41 Å². The van der Waals surface area contributed by atoms with Crippen molar-refractivity contribution in [2.75, 3.05) is 11.9 Å². The lowest BCUT2D eigenvalue weighted by molar-refractivity contribution is 0.310. The minimum atomic E-state index is 0.177. The van der Waals surface area contributed by atoms with Gasteiger partial charge in [0.25, 0.3) is 0 Å². The van der Waals surface area contributed by atoms with Crippen molar-refractivity contribution < 1.29 is 0 Å². The highest BCUT2D eigenvalue weighted by atomic mass is 15.3. The summed E-state index contributed by atoms with van der Waals surface area (Å²) in [6.07, 6.45) is 4.75. The van der Waals surface area contributed by atoms with Gasteiger partial charge in [0.1, 0.15) is 0 Å². The number of nitrogens with one attached hydrogen (secondary N) is 1. The second-order valence-electron chi connectivity index (χ2n) is 5.09. The maximum Gasteiger partial charge on any atom is 0.0726 e. The van der Waals surface area contributed by atoms with Crippen molar-refractivity contribution in [3.05, 3.63) is 12.4 Å². The van der Waals surface area contributed by atoms with Crippen molar-refractivity contribution in [3.63, 3.8) is 0 Å². The summed E-state index contributed by atoms with van der Waals surface area (Å²) in [4.78, 5) is 0. The van der Waals surface area contributed by atoms with Crippen LogP contribution in [-0.2, 0) is 7.05 Å². The van der Waals surface area contributed by atoms with E-state index in [4.69, 9.17) is 5.73 Å². The largest absolute Gasteiger partial charge is 0.382 e. The molecule has 0 radical (unpaired) electrons. The molecule has 0 fully saturated rings. The summed E-state index contributed by atoms with van der Waals surface area (Å²) < 4.78 is 1.78. The van der Waals surface area contributed by atoms with Crippen LogP contribution in [0.15, 0.2) is 12.4 Å². The maximum absolute atomic E-state index is 6.06. The van der Waals surface area contributed by atoms with Crippen molar-refractivity contribution in [1.82, 2.24) is 9.78 Å². The van der Waals surface area contributed by atoms with Crippen LogP contribution in [0.1, 0.15) is 27.2 Å². The molecule has 15 heavy (non-hydrogen) atoms. The molecule has 0 bridgehead atoms. The van der Waals surface area contributed by atoms with E-state index in [0.717, 1.165) is 18.7 Å². The van der Waals surface area contributed by atoms with Crippen LogP contribution in [0.2, 0.25) is 0 Å². The summed E-state index contributed by atoms with van der Waals surface area (Å²) in [6.45, 7) is 7.40. The van der Waals surface area contributed by atoms with E-state index in [1.54, 1.807) is 4.68 Å². The van der Waals surface area contributed by atoms with E-state index < -0.39 is 0 Å². The zero-order chi connectivity index (χ0) is 11.5. The lowest BCUT2D eigenvalue weighted by atomic mass is 9.85. The van der Waals surface area contributed by atoms with Crippen LogP contribution in [0.25, 0.3) is 0 Å². The molecule has 1 aromatic heterocycles. The second kappa shape index (κ2) is 4.66. The van der Waals surface area contributed by atoms with Gasteiger partial charge in [-0.25, -0.2) is 0 Å². The van der Waals surface area contributed by atoms with Crippen LogP contribution < -0.4 is 11.1 Å². The first kappa shape index (κ1) is 12.0. The van der Waals surface area contributed by atoms with Gasteiger partial charge < -0.3 is 11.1 Å². The molecule has 1 atom stereocenters. The van der Waals surface area contributed by atoms with Crippen LogP contribution in [0.3, 0.4) is 0 Å². The van der Waals surface area contributed by atoms with E-state index >= 15 is 0 Å². The fraction of sp³-hybridized carbons (Fsp3) is 0.727. The molecule has 4 nitrogen and oxygen atoms in total. The third kappa shape index (κ3) is 3.91. The third-order valence-electron chi connectivity index (χ3n) is 2.60. The van der Waals surface area contributed by atoms with Gasteiger partial charge >= 0.3 is 0 Å². The Bertz CT molecular complexity index is 298. The van der Waals surface area contributed by atoms with E-state index in [9.17, 15) is 0 Å². The molecular weight excluding hydrogens is 188 g/mol. The number of rotatable bonds is 4. The predicted molar refractivity (Wildman–Crippen MR) is 63.7 cm³/mol. The molecule has 3 N–H and O–H groups in total. The van der Waals surface area contributed by atoms with Gasteiger partial charge in [0.15, 0.2) is 0 Å². The Hall–Kier alpha value is -1.03. The monoisotopic (exact) mass is 210 g/mol. The first-order chi connectivity index (χ1) is 6.89. The number of aryl methyl sites for hydroxylation is 1. The van der Waals surface area contributed by atoms with Crippen molar-refractivity contribution in [2.45, 2.75) is 33.2 Å². The van der Waals surface area contributed by atoms with Crippen molar-refractivity contribution in [1.29, 1.82) is 0 Å². The summed E-state index contributed by atoms with van der Waals surface area (Å²) in [5, 5.41) is 7.39. The molecule has 0 spiro atoms. The van der Waals surface area contributed by atoms with Crippen LogP contribution >= 0.6 is 0 Å². The molecule has 0 amide bonds.